The van der Waals surface area contributed by atoms with Crippen LogP contribution in [0.3, 0.4) is 0 Å². The average molecular weight is 233 g/mol. The molecule has 16 heavy (non-hydrogen) atoms. The van der Waals surface area contributed by atoms with Gasteiger partial charge in [0.05, 0.1) is 12.1 Å². The van der Waals surface area contributed by atoms with Gasteiger partial charge in [0.25, 0.3) is 0 Å². The Bertz CT molecular complexity index is 421. The molecule has 0 aliphatic carbocycles. The molecule has 0 saturated carbocycles. The molecule has 0 radical (unpaired) electrons. The Morgan fingerprint density at radius 3 is 2.50 bits per heavy atom. The van der Waals surface area contributed by atoms with E-state index in [1.54, 1.807) is 0 Å². The second-order valence-corrected chi connectivity index (χ2v) is 3.07. The fourth-order valence-electron chi connectivity index (χ4n) is 1.19. The second kappa shape index (κ2) is 4.90. The van der Waals surface area contributed by atoms with Crippen LogP contribution < -0.4 is 0 Å². The van der Waals surface area contributed by atoms with Crippen molar-refractivity contribution < 1.29 is 22.4 Å². The minimum Gasteiger partial charge on any atom is -0.211 e. The van der Waals surface area contributed by atoms with Crippen molar-refractivity contribution in [2.75, 3.05) is 6.54 Å². The molecule has 86 valence electrons. The molecule has 6 heteroatoms. The lowest BCUT2D eigenvalue weighted by molar-refractivity contribution is -0.137. The molecule has 0 N–H and O–H groups in total. The molecular weight excluding hydrogens is 226 g/mol. The Labute approximate surface area is 88.6 Å². The van der Waals surface area contributed by atoms with Gasteiger partial charge in [-0.2, -0.15) is 13.2 Å². The van der Waals surface area contributed by atoms with Gasteiger partial charge in [0.1, 0.15) is 5.82 Å². The highest BCUT2D eigenvalue weighted by molar-refractivity contribution is 5.33. The van der Waals surface area contributed by atoms with Gasteiger partial charge in [0.15, 0.2) is 0 Å². The van der Waals surface area contributed by atoms with E-state index >= 15 is 0 Å². The van der Waals surface area contributed by atoms with Gasteiger partial charge in [-0.05, 0) is 30.2 Å². The van der Waals surface area contributed by atoms with E-state index in [0.29, 0.717) is 6.07 Å². The van der Waals surface area contributed by atoms with Crippen LogP contribution in [0.25, 0.3) is 0 Å². The number of carbonyl (C=O) groups excluding carboxylic acids is 1. The molecular formula is C10H7F4NO. The summed E-state index contributed by atoms with van der Waals surface area (Å²) < 4.78 is 49.7. The van der Waals surface area contributed by atoms with Gasteiger partial charge in [-0.1, -0.05) is 0 Å². The molecule has 0 heterocycles. The van der Waals surface area contributed by atoms with Crippen LogP contribution in [0.5, 0.6) is 0 Å². The van der Waals surface area contributed by atoms with E-state index in [9.17, 15) is 22.4 Å². The first-order valence-corrected chi connectivity index (χ1v) is 4.34. The number of hydrogen-bond acceptors (Lipinski definition) is 2. The van der Waals surface area contributed by atoms with Crippen LogP contribution >= 0.6 is 0 Å². The summed E-state index contributed by atoms with van der Waals surface area (Å²) in [7, 11) is 0. The molecule has 1 rings (SSSR count). The van der Waals surface area contributed by atoms with Crippen LogP contribution in [0.4, 0.5) is 17.6 Å². The van der Waals surface area contributed by atoms with Crippen molar-refractivity contribution in [1.29, 1.82) is 0 Å². The summed E-state index contributed by atoms with van der Waals surface area (Å²) in [6, 6.07) is 2.24. The topological polar surface area (TPSA) is 29.4 Å². The monoisotopic (exact) mass is 233 g/mol. The smallest absolute Gasteiger partial charge is 0.211 e. The number of aliphatic imine (C=N–C) groups is 1. The highest BCUT2D eigenvalue weighted by Gasteiger charge is 2.31. The fraction of sp³-hybridized carbons (Fsp3) is 0.300. The predicted octanol–water partition coefficient (Wildman–Crippen LogP) is 2.72. The van der Waals surface area contributed by atoms with Crippen molar-refractivity contribution in [3.8, 4) is 0 Å². The van der Waals surface area contributed by atoms with Crippen LogP contribution in [0.1, 0.15) is 11.1 Å². The molecule has 2 nitrogen and oxygen atoms in total. The molecule has 0 atom stereocenters. The largest absolute Gasteiger partial charge is 0.416 e. The molecule has 1 aromatic carbocycles. The van der Waals surface area contributed by atoms with Crippen LogP contribution in [-0.2, 0) is 17.4 Å². The first kappa shape index (κ1) is 12.4. The molecule has 0 fully saturated rings. The Hall–Kier alpha value is -1.68. The Morgan fingerprint density at radius 2 is 1.94 bits per heavy atom. The minimum absolute atomic E-state index is 0.00967. The van der Waals surface area contributed by atoms with E-state index in [0.717, 1.165) is 12.1 Å². The predicted molar refractivity (Wildman–Crippen MR) is 48.1 cm³/mol. The third-order valence-corrected chi connectivity index (χ3v) is 1.86. The van der Waals surface area contributed by atoms with E-state index in [4.69, 9.17) is 0 Å². The number of hydrogen-bond donors (Lipinski definition) is 0. The second-order valence-electron chi connectivity index (χ2n) is 3.07. The highest BCUT2D eigenvalue weighted by Crippen LogP contribution is 2.30. The van der Waals surface area contributed by atoms with Gasteiger partial charge < -0.3 is 0 Å². The van der Waals surface area contributed by atoms with Crippen LogP contribution in [0.2, 0.25) is 0 Å². The van der Waals surface area contributed by atoms with Gasteiger partial charge in [-0.15, -0.1) is 0 Å². The average Bonchev–Trinajstić information content (AvgIpc) is 2.16. The lowest BCUT2D eigenvalue weighted by Gasteiger charge is -2.08. The van der Waals surface area contributed by atoms with Crippen LogP contribution in [0.15, 0.2) is 23.2 Å². The maximum absolute atomic E-state index is 12.9. The third-order valence-electron chi connectivity index (χ3n) is 1.86. The number of rotatable bonds is 3. The minimum atomic E-state index is -4.58. The number of halogens is 4. The normalized spacial score (nSPS) is 11.0. The lowest BCUT2D eigenvalue weighted by atomic mass is 10.1. The first-order chi connectivity index (χ1) is 7.43. The molecule has 0 aliphatic heterocycles. The summed E-state index contributed by atoms with van der Waals surface area (Å²) in [5, 5.41) is 0. The van der Waals surface area contributed by atoms with Crippen LogP contribution in [0, 0.1) is 5.82 Å². The van der Waals surface area contributed by atoms with Gasteiger partial charge in [-0.25, -0.2) is 14.2 Å². The zero-order valence-corrected chi connectivity index (χ0v) is 8.01. The van der Waals surface area contributed by atoms with Gasteiger partial charge in [0.2, 0.25) is 6.08 Å². The third kappa shape index (κ3) is 3.47. The summed E-state index contributed by atoms with van der Waals surface area (Å²) in [6.45, 7) is -0.00967. The van der Waals surface area contributed by atoms with Crippen molar-refractivity contribution in [3.05, 3.63) is 35.1 Å². The maximum Gasteiger partial charge on any atom is 0.416 e. The highest BCUT2D eigenvalue weighted by atomic mass is 19.4. The van der Waals surface area contributed by atoms with Crippen molar-refractivity contribution in [2.24, 2.45) is 4.99 Å². The quantitative estimate of drug-likeness (QED) is 0.448. The van der Waals surface area contributed by atoms with E-state index in [-0.39, 0.29) is 18.5 Å². The molecule has 1 aromatic rings. The van der Waals surface area contributed by atoms with Crippen molar-refractivity contribution in [2.45, 2.75) is 12.6 Å². The number of nitrogens with zero attached hydrogens (tertiary/aromatic N) is 1. The van der Waals surface area contributed by atoms with E-state index < -0.39 is 17.6 Å². The Kier molecular flexibility index (Phi) is 3.79. The molecule has 0 aromatic heterocycles. The van der Waals surface area contributed by atoms with Crippen molar-refractivity contribution in [3.63, 3.8) is 0 Å². The molecule has 0 saturated heterocycles. The van der Waals surface area contributed by atoms with E-state index in [1.807, 2.05) is 0 Å². The molecule has 0 aliphatic rings. The molecule has 0 amide bonds. The summed E-state index contributed by atoms with van der Waals surface area (Å²) in [5.74, 6) is -0.958. The van der Waals surface area contributed by atoms with Gasteiger partial charge in [-0.3, -0.25) is 0 Å². The van der Waals surface area contributed by atoms with Crippen molar-refractivity contribution in [1.82, 2.24) is 0 Å². The van der Waals surface area contributed by atoms with Crippen molar-refractivity contribution >= 4 is 6.08 Å². The maximum atomic E-state index is 12.9. The molecule has 0 spiro atoms. The van der Waals surface area contributed by atoms with Gasteiger partial charge in [0, 0.05) is 0 Å². The van der Waals surface area contributed by atoms with Crippen LogP contribution in [-0.4, -0.2) is 12.6 Å². The first-order valence-electron chi connectivity index (χ1n) is 4.34. The summed E-state index contributed by atoms with van der Waals surface area (Å²) in [6.07, 6.45) is -3.26. The Morgan fingerprint density at radius 1 is 1.25 bits per heavy atom. The van der Waals surface area contributed by atoms with E-state index in [1.165, 1.54) is 6.08 Å². The fourth-order valence-corrected chi connectivity index (χ4v) is 1.19. The number of benzene rings is 1. The zero-order chi connectivity index (χ0) is 12.2. The number of alkyl halides is 3. The standard InChI is InChI=1S/C10H7F4NO/c11-9-4-7(1-2-15-6-16)3-8(5-9)10(12,13)14/h3-5H,1-2H2. The lowest BCUT2D eigenvalue weighted by Crippen LogP contribution is -2.06. The van der Waals surface area contributed by atoms with E-state index in [2.05, 4.69) is 4.99 Å². The zero-order valence-electron chi connectivity index (χ0n) is 8.01. The Balaban J connectivity index is 2.94. The summed E-state index contributed by atoms with van der Waals surface area (Å²) in [5.41, 5.74) is -0.899. The summed E-state index contributed by atoms with van der Waals surface area (Å²) in [4.78, 5) is 12.9. The summed E-state index contributed by atoms with van der Waals surface area (Å²) >= 11 is 0. The van der Waals surface area contributed by atoms with Gasteiger partial charge >= 0.3 is 6.18 Å². The molecule has 0 bridgehead atoms. The molecule has 0 unspecified atom stereocenters. The number of isocyanates is 1. The SMILES string of the molecule is O=C=NCCc1cc(F)cc(C(F)(F)F)c1.